The molecule has 2 N–H and O–H groups in total. The summed E-state index contributed by atoms with van der Waals surface area (Å²) < 4.78 is 5.06. The Morgan fingerprint density at radius 1 is 1.40 bits per heavy atom. The van der Waals surface area contributed by atoms with Gasteiger partial charge < -0.3 is 15.4 Å². The molecule has 116 valence electrons. The number of nitrogens with zero attached hydrogens (tertiary/aromatic N) is 1. The SMILES string of the molecule is CCOC(=O)C1CNCCN1CC(=O)NC(C)(C)CC. The van der Waals surface area contributed by atoms with Gasteiger partial charge in [-0.2, -0.15) is 0 Å². The first kappa shape index (κ1) is 16.9. The van der Waals surface area contributed by atoms with E-state index in [9.17, 15) is 9.59 Å². The minimum Gasteiger partial charge on any atom is -0.465 e. The zero-order chi connectivity index (χ0) is 15.2. The van der Waals surface area contributed by atoms with Gasteiger partial charge in [0.15, 0.2) is 0 Å². The van der Waals surface area contributed by atoms with Crippen LogP contribution in [-0.4, -0.2) is 61.1 Å². The van der Waals surface area contributed by atoms with Crippen molar-refractivity contribution in [1.29, 1.82) is 0 Å². The standard InChI is InChI=1S/C14H27N3O3/c1-5-14(3,4)16-12(18)10-17-8-7-15-9-11(17)13(19)20-6-2/h11,15H,5-10H2,1-4H3,(H,16,18). The number of ether oxygens (including phenoxy) is 1. The van der Waals surface area contributed by atoms with E-state index in [-0.39, 0.29) is 30.0 Å². The summed E-state index contributed by atoms with van der Waals surface area (Å²) in [6.45, 7) is 10.4. The molecule has 0 aliphatic carbocycles. The van der Waals surface area contributed by atoms with Gasteiger partial charge in [0.2, 0.25) is 5.91 Å². The van der Waals surface area contributed by atoms with Gasteiger partial charge in [-0.05, 0) is 27.2 Å². The summed E-state index contributed by atoms with van der Waals surface area (Å²) in [6, 6.07) is -0.376. The van der Waals surface area contributed by atoms with Crippen LogP contribution < -0.4 is 10.6 Å². The van der Waals surface area contributed by atoms with Gasteiger partial charge in [-0.3, -0.25) is 14.5 Å². The molecule has 0 saturated carbocycles. The number of esters is 1. The first-order chi connectivity index (χ1) is 9.39. The molecular formula is C14H27N3O3. The molecule has 1 saturated heterocycles. The van der Waals surface area contributed by atoms with Crippen LogP contribution in [0.15, 0.2) is 0 Å². The van der Waals surface area contributed by atoms with E-state index < -0.39 is 0 Å². The van der Waals surface area contributed by atoms with Crippen molar-refractivity contribution < 1.29 is 14.3 Å². The third kappa shape index (κ3) is 5.09. The van der Waals surface area contributed by atoms with E-state index in [1.807, 2.05) is 25.7 Å². The normalized spacial score (nSPS) is 20.5. The quantitative estimate of drug-likeness (QED) is 0.679. The number of carbonyl (C=O) groups excluding carboxylic acids is 2. The molecule has 1 rings (SSSR count). The van der Waals surface area contributed by atoms with Gasteiger partial charge in [0.05, 0.1) is 13.2 Å². The minimum absolute atomic E-state index is 0.0481. The summed E-state index contributed by atoms with van der Waals surface area (Å²) in [5.41, 5.74) is -0.218. The number of nitrogens with one attached hydrogen (secondary N) is 2. The zero-order valence-corrected chi connectivity index (χ0v) is 13.0. The van der Waals surface area contributed by atoms with Crippen molar-refractivity contribution in [2.75, 3.05) is 32.8 Å². The molecule has 1 aliphatic rings. The van der Waals surface area contributed by atoms with Crippen LogP contribution in [0.1, 0.15) is 34.1 Å². The van der Waals surface area contributed by atoms with Gasteiger partial charge in [0, 0.05) is 25.2 Å². The van der Waals surface area contributed by atoms with Crippen LogP contribution in [0, 0.1) is 0 Å². The Balaban J connectivity index is 2.58. The molecule has 1 aliphatic heterocycles. The van der Waals surface area contributed by atoms with E-state index in [0.29, 0.717) is 19.7 Å². The van der Waals surface area contributed by atoms with Gasteiger partial charge in [0.25, 0.3) is 0 Å². The summed E-state index contributed by atoms with van der Waals surface area (Å²) >= 11 is 0. The summed E-state index contributed by atoms with van der Waals surface area (Å²) in [5, 5.41) is 6.15. The van der Waals surface area contributed by atoms with Crippen LogP contribution in [-0.2, 0) is 14.3 Å². The molecule has 6 nitrogen and oxygen atoms in total. The zero-order valence-electron chi connectivity index (χ0n) is 13.0. The molecule has 1 fully saturated rings. The highest BCUT2D eigenvalue weighted by Crippen LogP contribution is 2.09. The molecule has 1 heterocycles. The Labute approximate surface area is 121 Å². The lowest BCUT2D eigenvalue weighted by Crippen LogP contribution is -2.58. The molecule has 6 heteroatoms. The fraction of sp³-hybridized carbons (Fsp3) is 0.857. The monoisotopic (exact) mass is 285 g/mol. The summed E-state index contributed by atoms with van der Waals surface area (Å²) in [5.74, 6) is -0.310. The van der Waals surface area contributed by atoms with Crippen LogP contribution in [0.2, 0.25) is 0 Å². The highest BCUT2D eigenvalue weighted by atomic mass is 16.5. The fourth-order valence-corrected chi connectivity index (χ4v) is 2.10. The lowest BCUT2D eigenvalue weighted by atomic mass is 10.0. The Kier molecular flexibility index (Phi) is 6.42. The summed E-state index contributed by atoms with van der Waals surface area (Å²) in [6.07, 6.45) is 0.863. The van der Waals surface area contributed by atoms with E-state index in [1.165, 1.54) is 0 Å². The number of hydrogen-bond acceptors (Lipinski definition) is 5. The second kappa shape index (κ2) is 7.59. The number of carbonyl (C=O) groups is 2. The fourth-order valence-electron chi connectivity index (χ4n) is 2.10. The number of piperazine rings is 1. The molecular weight excluding hydrogens is 258 g/mol. The van der Waals surface area contributed by atoms with Crippen molar-refractivity contribution in [3.05, 3.63) is 0 Å². The van der Waals surface area contributed by atoms with Gasteiger partial charge in [0.1, 0.15) is 6.04 Å². The largest absolute Gasteiger partial charge is 0.465 e. The lowest BCUT2D eigenvalue weighted by Gasteiger charge is -2.35. The van der Waals surface area contributed by atoms with Gasteiger partial charge >= 0.3 is 5.97 Å². The Hall–Kier alpha value is -1.14. The molecule has 1 amide bonds. The van der Waals surface area contributed by atoms with Gasteiger partial charge in [-0.15, -0.1) is 0 Å². The van der Waals surface area contributed by atoms with Crippen molar-refractivity contribution >= 4 is 11.9 Å². The third-order valence-corrected chi connectivity index (χ3v) is 3.62. The smallest absolute Gasteiger partial charge is 0.324 e. The van der Waals surface area contributed by atoms with E-state index in [2.05, 4.69) is 10.6 Å². The molecule has 0 radical (unpaired) electrons. The maximum atomic E-state index is 12.1. The number of amides is 1. The molecule has 0 aromatic rings. The molecule has 20 heavy (non-hydrogen) atoms. The van der Waals surface area contributed by atoms with Crippen LogP contribution in [0.4, 0.5) is 0 Å². The van der Waals surface area contributed by atoms with Crippen LogP contribution in [0.25, 0.3) is 0 Å². The first-order valence-corrected chi connectivity index (χ1v) is 7.32. The van der Waals surface area contributed by atoms with Gasteiger partial charge in [-0.25, -0.2) is 0 Å². The maximum Gasteiger partial charge on any atom is 0.324 e. The topological polar surface area (TPSA) is 70.7 Å². The Bertz CT molecular complexity index is 345. The Morgan fingerprint density at radius 2 is 2.10 bits per heavy atom. The van der Waals surface area contributed by atoms with Crippen molar-refractivity contribution in [3.8, 4) is 0 Å². The minimum atomic E-state index is -0.376. The molecule has 0 spiro atoms. The van der Waals surface area contributed by atoms with Crippen molar-refractivity contribution in [1.82, 2.24) is 15.5 Å². The van der Waals surface area contributed by atoms with E-state index in [0.717, 1.165) is 13.0 Å². The number of rotatable bonds is 6. The van der Waals surface area contributed by atoms with Gasteiger partial charge in [-0.1, -0.05) is 6.92 Å². The lowest BCUT2D eigenvalue weighted by molar-refractivity contribution is -0.150. The van der Waals surface area contributed by atoms with Crippen LogP contribution >= 0.6 is 0 Å². The highest BCUT2D eigenvalue weighted by molar-refractivity contribution is 5.81. The molecule has 0 aromatic carbocycles. The molecule has 1 atom stereocenters. The van der Waals surface area contributed by atoms with E-state index in [1.54, 1.807) is 6.92 Å². The average Bonchev–Trinajstić information content (AvgIpc) is 2.39. The maximum absolute atomic E-state index is 12.1. The van der Waals surface area contributed by atoms with Crippen molar-refractivity contribution in [2.45, 2.75) is 45.7 Å². The predicted octanol–water partition coefficient (Wildman–Crippen LogP) is 0.128. The first-order valence-electron chi connectivity index (χ1n) is 7.32. The van der Waals surface area contributed by atoms with E-state index >= 15 is 0 Å². The summed E-state index contributed by atoms with van der Waals surface area (Å²) in [4.78, 5) is 25.9. The second-order valence-corrected chi connectivity index (χ2v) is 5.73. The number of hydrogen-bond donors (Lipinski definition) is 2. The van der Waals surface area contributed by atoms with Crippen LogP contribution in [0.3, 0.4) is 0 Å². The highest BCUT2D eigenvalue weighted by Gasteiger charge is 2.31. The second-order valence-electron chi connectivity index (χ2n) is 5.73. The van der Waals surface area contributed by atoms with Crippen molar-refractivity contribution in [3.63, 3.8) is 0 Å². The Morgan fingerprint density at radius 3 is 2.70 bits per heavy atom. The molecule has 0 aromatic heterocycles. The molecule has 0 bridgehead atoms. The summed E-state index contributed by atoms with van der Waals surface area (Å²) in [7, 11) is 0. The van der Waals surface area contributed by atoms with E-state index in [4.69, 9.17) is 4.74 Å². The van der Waals surface area contributed by atoms with Crippen LogP contribution in [0.5, 0.6) is 0 Å². The third-order valence-electron chi connectivity index (χ3n) is 3.62. The predicted molar refractivity (Wildman–Crippen MR) is 77.4 cm³/mol. The molecule has 1 unspecified atom stereocenters. The van der Waals surface area contributed by atoms with Crippen molar-refractivity contribution in [2.24, 2.45) is 0 Å². The average molecular weight is 285 g/mol.